The summed E-state index contributed by atoms with van der Waals surface area (Å²) < 4.78 is 2.01. The molecule has 0 saturated carbocycles. The maximum Gasteiger partial charge on any atom is 0.191 e. The lowest BCUT2D eigenvalue weighted by Crippen LogP contribution is -2.17. The van der Waals surface area contributed by atoms with Crippen molar-refractivity contribution in [2.75, 3.05) is 5.32 Å². The third kappa shape index (κ3) is 1.81. The Kier molecular flexibility index (Phi) is 2.69. The Morgan fingerprint density at radius 1 is 1.25 bits per heavy atom. The number of fused-ring (bicyclic) bond motifs is 1. The average molecular weight is 216 g/mol. The van der Waals surface area contributed by atoms with Crippen LogP contribution in [0.5, 0.6) is 0 Å². The van der Waals surface area contributed by atoms with Gasteiger partial charge in [-0.1, -0.05) is 12.1 Å². The van der Waals surface area contributed by atoms with Gasteiger partial charge in [0.05, 0.1) is 5.52 Å². The molecular weight excluding hydrogens is 200 g/mol. The molecule has 0 atom stereocenters. The van der Waals surface area contributed by atoms with Crippen LogP contribution in [-0.2, 0) is 7.05 Å². The largest absolute Gasteiger partial charge is 0.369 e. The van der Waals surface area contributed by atoms with Crippen LogP contribution in [0.15, 0.2) is 35.1 Å². The summed E-state index contributed by atoms with van der Waals surface area (Å²) in [7, 11) is 1.96. The highest BCUT2D eigenvalue weighted by Gasteiger charge is 2.05. The summed E-state index contributed by atoms with van der Waals surface area (Å²) in [5.41, 5.74) is 1.02. The van der Waals surface area contributed by atoms with E-state index < -0.39 is 0 Å². The van der Waals surface area contributed by atoms with Crippen LogP contribution in [0.1, 0.15) is 13.8 Å². The topological polar surface area (TPSA) is 34.0 Å². The molecule has 0 aliphatic rings. The van der Waals surface area contributed by atoms with Crippen LogP contribution in [0.2, 0.25) is 0 Å². The molecule has 2 aromatic rings. The molecule has 1 N–H and O–H groups in total. The molecular formula is C13H16N2O. The van der Waals surface area contributed by atoms with Crippen LogP contribution >= 0.6 is 0 Å². The number of anilines is 1. The highest BCUT2D eigenvalue weighted by atomic mass is 16.1. The molecule has 0 bridgehead atoms. The Balaban J connectivity index is 2.70. The number of aryl methyl sites for hydroxylation is 1. The van der Waals surface area contributed by atoms with Crippen molar-refractivity contribution in [3.63, 3.8) is 0 Å². The lowest BCUT2D eigenvalue weighted by atomic mass is 10.2. The van der Waals surface area contributed by atoms with E-state index in [4.69, 9.17) is 0 Å². The minimum atomic E-state index is 0.0665. The zero-order chi connectivity index (χ0) is 11.7. The van der Waals surface area contributed by atoms with Gasteiger partial charge in [-0.2, -0.15) is 0 Å². The van der Waals surface area contributed by atoms with E-state index in [0.717, 1.165) is 16.7 Å². The first-order valence-electron chi connectivity index (χ1n) is 5.45. The Bertz CT molecular complexity index is 570. The first kappa shape index (κ1) is 10.7. The van der Waals surface area contributed by atoms with Crippen LogP contribution in [0.3, 0.4) is 0 Å². The number of para-hydroxylation sites is 1. The summed E-state index contributed by atoms with van der Waals surface area (Å²) in [5, 5.41) is 4.03. The summed E-state index contributed by atoms with van der Waals surface area (Å²) >= 11 is 0. The second kappa shape index (κ2) is 4.00. The summed E-state index contributed by atoms with van der Waals surface area (Å²) in [5.74, 6) is 0.860. The van der Waals surface area contributed by atoms with Gasteiger partial charge in [-0.3, -0.25) is 4.79 Å². The van der Waals surface area contributed by atoms with E-state index in [9.17, 15) is 4.79 Å². The highest BCUT2D eigenvalue weighted by Crippen LogP contribution is 2.14. The van der Waals surface area contributed by atoms with E-state index in [2.05, 4.69) is 19.2 Å². The quantitative estimate of drug-likeness (QED) is 0.836. The van der Waals surface area contributed by atoms with Crippen LogP contribution in [0, 0.1) is 0 Å². The van der Waals surface area contributed by atoms with E-state index in [1.165, 1.54) is 0 Å². The van der Waals surface area contributed by atoms with Crippen molar-refractivity contribution in [2.24, 2.45) is 7.05 Å². The van der Waals surface area contributed by atoms with E-state index in [1.807, 2.05) is 35.9 Å². The predicted molar refractivity (Wildman–Crippen MR) is 67.9 cm³/mol. The van der Waals surface area contributed by atoms with Gasteiger partial charge in [-0.05, 0) is 26.0 Å². The lowest BCUT2D eigenvalue weighted by molar-refractivity contribution is 0.850. The Labute approximate surface area is 94.7 Å². The molecule has 1 aromatic heterocycles. The SMILES string of the molecule is CC(C)Nc1cc(=O)c2ccccc2n1C. The van der Waals surface area contributed by atoms with Crippen molar-refractivity contribution in [3.05, 3.63) is 40.6 Å². The number of rotatable bonds is 2. The zero-order valence-electron chi connectivity index (χ0n) is 9.82. The second-order valence-corrected chi connectivity index (χ2v) is 4.27. The fourth-order valence-electron chi connectivity index (χ4n) is 1.84. The predicted octanol–water partition coefficient (Wildman–Crippen LogP) is 2.36. The van der Waals surface area contributed by atoms with Gasteiger partial charge in [-0.15, -0.1) is 0 Å². The molecule has 0 aliphatic heterocycles. The number of hydrogen-bond acceptors (Lipinski definition) is 2. The zero-order valence-corrected chi connectivity index (χ0v) is 9.82. The molecule has 1 heterocycles. The van der Waals surface area contributed by atoms with Crippen molar-refractivity contribution in [2.45, 2.75) is 19.9 Å². The third-order valence-corrected chi connectivity index (χ3v) is 2.60. The first-order valence-corrected chi connectivity index (χ1v) is 5.45. The number of pyridine rings is 1. The third-order valence-electron chi connectivity index (χ3n) is 2.60. The smallest absolute Gasteiger partial charge is 0.191 e. The van der Waals surface area contributed by atoms with Gasteiger partial charge in [0, 0.05) is 24.5 Å². The summed E-state index contributed by atoms with van der Waals surface area (Å²) in [4.78, 5) is 11.9. The van der Waals surface area contributed by atoms with Crippen LogP contribution in [0.25, 0.3) is 10.9 Å². The van der Waals surface area contributed by atoms with Gasteiger partial charge in [0.15, 0.2) is 5.43 Å². The molecule has 0 aliphatic carbocycles. The van der Waals surface area contributed by atoms with E-state index in [-0.39, 0.29) is 5.43 Å². The van der Waals surface area contributed by atoms with Crippen molar-refractivity contribution < 1.29 is 0 Å². The van der Waals surface area contributed by atoms with Crippen LogP contribution in [-0.4, -0.2) is 10.6 Å². The lowest BCUT2D eigenvalue weighted by Gasteiger charge is -2.16. The van der Waals surface area contributed by atoms with Gasteiger partial charge in [0.2, 0.25) is 0 Å². The molecule has 0 radical (unpaired) electrons. The number of benzene rings is 1. The maximum absolute atomic E-state index is 11.9. The fourth-order valence-corrected chi connectivity index (χ4v) is 1.84. The van der Waals surface area contributed by atoms with E-state index in [0.29, 0.717) is 6.04 Å². The molecule has 16 heavy (non-hydrogen) atoms. The van der Waals surface area contributed by atoms with Gasteiger partial charge in [-0.25, -0.2) is 0 Å². The van der Waals surface area contributed by atoms with Crippen molar-refractivity contribution >= 4 is 16.7 Å². The standard InChI is InChI=1S/C13H16N2O/c1-9(2)14-13-8-12(16)10-6-4-5-7-11(10)15(13)3/h4-9,14H,1-3H3. The fraction of sp³-hybridized carbons (Fsp3) is 0.308. The van der Waals surface area contributed by atoms with Gasteiger partial charge >= 0.3 is 0 Å². The van der Waals surface area contributed by atoms with Crippen LogP contribution < -0.4 is 10.7 Å². The highest BCUT2D eigenvalue weighted by molar-refractivity contribution is 5.80. The molecule has 0 amide bonds. The molecule has 3 nitrogen and oxygen atoms in total. The molecule has 2 rings (SSSR count). The van der Waals surface area contributed by atoms with E-state index >= 15 is 0 Å². The van der Waals surface area contributed by atoms with Gasteiger partial charge in [0.1, 0.15) is 5.82 Å². The molecule has 84 valence electrons. The molecule has 0 spiro atoms. The van der Waals surface area contributed by atoms with Crippen molar-refractivity contribution in [3.8, 4) is 0 Å². The number of nitrogens with one attached hydrogen (secondary N) is 1. The molecule has 0 fully saturated rings. The molecule has 0 saturated heterocycles. The Morgan fingerprint density at radius 3 is 2.62 bits per heavy atom. The molecule has 0 unspecified atom stereocenters. The summed E-state index contributed by atoms with van der Waals surface area (Å²) in [6.07, 6.45) is 0. The number of nitrogens with zero attached hydrogens (tertiary/aromatic N) is 1. The Morgan fingerprint density at radius 2 is 1.94 bits per heavy atom. The summed E-state index contributed by atoms with van der Waals surface area (Å²) in [6.45, 7) is 4.11. The number of hydrogen-bond donors (Lipinski definition) is 1. The van der Waals surface area contributed by atoms with Crippen molar-refractivity contribution in [1.82, 2.24) is 4.57 Å². The van der Waals surface area contributed by atoms with Gasteiger partial charge < -0.3 is 9.88 Å². The molecule has 1 aromatic carbocycles. The first-order chi connectivity index (χ1) is 7.59. The number of aromatic nitrogens is 1. The average Bonchev–Trinajstić information content (AvgIpc) is 2.25. The minimum absolute atomic E-state index is 0.0665. The summed E-state index contributed by atoms with van der Waals surface area (Å²) in [6, 6.07) is 9.62. The van der Waals surface area contributed by atoms with E-state index in [1.54, 1.807) is 6.07 Å². The minimum Gasteiger partial charge on any atom is -0.369 e. The van der Waals surface area contributed by atoms with Crippen LogP contribution in [0.4, 0.5) is 5.82 Å². The van der Waals surface area contributed by atoms with Crippen molar-refractivity contribution in [1.29, 1.82) is 0 Å². The molecule has 3 heteroatoms. The normalized spacial score (nSPS) is 11.0. The maximum atomic E-state index is 11.9. The second-order valence-electron chi connectivity index (χ2n) is 4.27. The monoisotopic (exact) mass is 216 g/mol. The van der Waals surface area contributed by atoms with Gasteiger partial charge in [0.25, 0.3) is 0 Å². The Hall–Kier alpha value is -1.77.